The number of fused-ring (bicyclic) bond motifs is 1. The number of anilines is 1. The average molecular weight is 317 g/mol. The van der Waals surface area contributed by atoms with Crippen LogP contribution in [0.1, 0.15) is 33.9 Å². The molecule has 0 saturated carbocycles. The predicted molar refractivity (Wildman–Crippen MR) is 69.6 cm³/mol. The monoisotopic (exact) mass is 317 g/mol. The number of carboxylic acids is 1. The molecule has 112 valence electrons. The van der Waals surface area contributed by atoms with Crippen LogP contribution >= 0.6 is 11.3 Å². The molecule has 0 spiro atoms. The Morgan fingerprint density at radius 3 is 2.86 bits per heavy atom. The van der Waals surface area contributed by atoms with Gasteiger partial charge in [-0.2, -0.15) is 18.3 Å². The van der Waals surface area contributed by atoms with Crippen LogP contribution in [0.3, 0.4) is 0 Å². The van der Waals surface area contributed by atoms with E-state index in [0.29, 0.717) is 4.68 Å². The van der Waals surface area contributed by atoms with E-state index in [1.807, 2.05) is 0 Å². The van der Waals surface area contributed by atoms with Gasteiger partial charge in [0, 0.05) is 17.4 Å². The topological polar surface area (TPSA) is 67.1 Å². The highest BCUT2D eigenvalue weighted by Gasteiger charge is 2.47. The molecule has 0 fully saturated rings. The first-order valence-electron chi connectivity index (χ1n) is 6.06. The second kappa shape index (κ2) is 4.76. The Morgan fingerprint density at radius 2 is 2.29 bits per heavy atom. The molecule has 0 saturated heterocycles. The second-order valence-electron chi connectivity index (χ2n) is 4.67. The summed E-state index contributed by atoms with van der Waals surface area (Å²) in [6.07, 6.45) is -4.72. The number of thiophene rings is 1. The Morgan fingerprint density at radius 1 is 1.52 bits per heavy atom. The van der Waals surface area contributed by atoms with Gasteiger partial charge in [0.05, 0.1) is 6.04 Å². The van der Waals surface area contributed by atoms with Crippen molar-refractivity contribution in [3.63, 3.8) is 0 Å². The summed E-state index contributed by atoms with van der Waals surface area (Å²) >= 11 is 1.35. The third kappa shape index (κ3) is 2.48. The van der Waals surface area contributed by atoms with E-state index in [9.17, 15) is 18.0 Å². The third-order valence-corrected chi connectivity index (χ3v) is 4.28. The van der Waals surface area contributed by atoms with Crippen LogP contribution in [0.25, 0.3) is 0 Å². The van der Waals surface area contributed by atoms with E-state index in [-0.39, 0.29) is 12.2 Å². The number of aromatic nitrogens is 2. The summed E-state index contributed by atoms with van der Waals surface area (Å²) in [6.45, 7) is 0. The molecule has 0 unspecified atom stereocenters. The highest BCUT2D eigenvalue weighted by Crippen LogP contribution is 2.44. The van der Waals surface area contributed by atoms with E-state index in [1.165, 1.54) is 11.3 Å². The van der Waals surface area contributed by atoms with Gasteiger partial charge in [0.25, 0.3) is 0 Å². The number of nitrogens with zero attached hydrogens (tertiary/aromatic N) is 2. The zero-order chi connectivity index (χ0) is 15.2. The molecule has 0 amide bonds. The van der Waals surface area contributed by atoms with Gasteiger partial charge in [-0.05, 0) is 11.4 Å². The number of aromatic carboxylic acids is 1. The van der Waals surface area contributed by atoms with Gasteiger partial charge in [0.15, 0.2) is 11.7 Å². The number of alkyl halides is 3. The zero-order valence-electron chi connectivity index (χ0n) is 10.5. The van der Waals surface area contributed by atoms with E-state index < -0.39 is 29.9 Å². The van der Waals surface area contributed by atoms with Crippen molar-refractivity contribution < 1.29 is 23.1 Å². The molecule has 0 radical (unpaired) electrons. The van der Waals surface area contributed by atoms with Gasteiger partial charge in [-0.1, -0.05) is 6.07 Å². The summed E-state index contributed by atoms with van der Waals surface area (Å²) in [6, 6.07) is 2.29. The normalized spacial score (nSPS) is 21.7. The highest BCUT2D eigenvalue weighted by molar-refractivity contribution is 7.10. The van der Waals surface area contributed by atoms with Crippen LogP contribution in [0.4, 0.5) is 19.0 Å². The van der Waals surface area contributed by atoms with Crippen LogP contribution in [0, 0.1) is 0 Å². The summed E-state index contributed by atoms with van der Waals surface area (Å²) in [7, 11) is 0. The fourth-order valence-corrected chi connectivity index (χ4v) is 3.14. The minimum Gasteiger partial charge on any atom is -0.476 e. The number of nitrogens with one attached hydrogen (secondary N) is 1. The van der Waals surface area contributed by atoms with Gasteiger partial charge < -0.3 is 10.4 Å². The fourth-order valence-electron chi connectivity index (χ4n) is 2.35. The van der Waals surface area contributed by atoms with E-state index in [4.69, 9.17) is 5.11 Å². The summed E-state index contributed by atoms with van der Waals surface area (Å²) in [5.74, 6) is -1.29. The lowest BCUT2D eigenvalue weighted by Crippen LogP contribution is -2.35. The maximum absolute atomic E-state index is 13.2. The highest BCUT2D eigenvalue weighted by atomic mass is 32.1. The molecule has 0 aliphatic carbocycles. The van der Waals surface area contributed by atoms with Gasteiger partial charge in [0.2, 0.25) is 0 Å². The summed E-state index contributed by atoms with van der Waals surface area (Å²) < 4.78 is 40.4. The van der Waals surface area contributed by atoms with Gasteiger partial charge in [-0.25, -0.2) is 9.48 Å². The molecule has 3 rings (SSSR count). The molecular weight excluding hydrogens is 307 g/mol. The number of hydrogen-bond acceptors (Lipinski definition) is 4. The van der Waals surface area contributed by atoms with Crippen LogP contribution in [0.2, 0.25) is 0 Å². The van der Waals surface area contributed by atoms with Crippen LogP contribution in [-0.4, -0.2) is 27.0 Å². The third-order valence-electron chi connectivity index (χ3n) is 3.30. The number of halogens is 3. The SMILES string of the molecule is O=C(O)c1cc2n(n1)[C@@H](C(F)(F)F)C[C@H](c1cccs1)N2. The maximum atomic E-state index is 13.2. The first-order chi connectivity index (χ1) is 9.86. The number of carbonyl (C=O) groups is 1. The van der Waals surface area contributed by atoms with Gasteiger partial charge in [-0.3, -0.25) is 0 Å². The molecule has 9 heteroatoms. The molecule has 5 nitrogen and oxygen atoms in total. The molecule has 3 heterocycles. The van der Waals surface area contributed by atoms with Gasteiger partial charge in [0.1, 0.15) is 5.82 Å². The standard InChI is InChI=1S/C12H10F3N3O2S/c13-12(14,15)9-4-6(8-2-1-3-21-8)16-10-5-7(11(19)20)17-18(9)10/h1-3,5-6,9,16H,4H2,(H,19,20)/t6-,9-/m1/s1. The second-order valence-corrected chi connectivity index (χ2v) is 5.65. The molecular formula is C12H10F3N3O2S. The van der Waals surface area contributed by atoms with Crippen molar-refractivity contribution >= 4 is 23.1 Å². The van der Waals surface area contributed by atoms with Crippen molar-refractivity contribution in [1.29, 1.82) is 0 Å². The molecule has 2 atom stereocenters. The summed E-state index contributed by atoms with van der Waals surface area (Å²) in [5.41, 5.74) is -0.404. The van der Waals surface area contributed by atoms with E-state index >= 15 is 0 Å². The van der Waals surface area contributed by atoms with Crippen LogP contribution < -0.4 is 5.32 Å². The van der Waals surface area contributed by atoms with E-state index in [0.717, 1.165) is 10.9 Å². The lowest BCUT2D eigenvalue weighted by Gasteiger charge is -2.32. The number of hydrogen-bond donors (Lipinski definition) is 2. The number of carboxylic acid groups (broad SMARTS) is 1. The Kier molecular flexibility index (Phi) is 3.16. The molecule has 0 aromatic carbocycles. The largest absolute Gasteiger partial charge is 0.476 e. The summed E-state index contributed by atoms with van der Waals surface area (Å²) in [5, 5.41) is 17.2. The minimum atomic E-state index is -4.49. The average Bonchev–Trinajstić information content (AvgIpc) is 3.05. The predicted octanol–water partition coefficient (Wildman–Crippen LogP) is 3.30. The van der Waals surface area contributed by atoms with Crippen molar-refractivity contribution in [2.24, 2.45) is 0 Å². The van der Waals surface area contributed by atoms with Crippen molar-refractivity contribution in [2.45, 2.75) is 24.7 Å². The smallest absolute Gasteiger partial charge is 0.410 e. The molecule has 2 aromatic rings. The first kappa shape index (κ1) is 13.9. The molecule has 1 aliphatic rings. The molecule has 2 N–H and O–H groups in total. The molecule has 0 bridgehead atoms. The molecule has 1 aliphatic heterocycles. The lowest BCUT2D eigenvalue weighted by molar-refractivity contribution is -0.173. The van der Waals surface area contributed by atoms with Crippen LogP contribution in [0.15, 0.2) is 23.6 Å². The van der Waals surface area contributed by atoms with Crippen molar-refractivity contribution in [1.82, 2.24) is 9.78 Å². The van der Waals surface area contributed by atoms with E-state index in [2.05, 4.69) is 10.4 Å². The Labute approximate surface area is 121 Å². The van der Waals surface area contributed by atoms with Crippen molar-refractivity contribution in [2.75, 3.05) is 5.32 Å². The molecule has 21 heavy (non-hydrogen) atoms. The Balaban J connectivity index is 2.03. The Hall–Kier alpha value is -2.03. The summed E-state index contributed by atoms with van der Waals surface area (Å²) in [4.78, 5) is 11.7. The fraction of sp³-hybridized carbons (Fsp3) is 0.333. The number of rotatable bonds is 2. The van der Waals surface area contributed by atoms with Crippen LogP contribution in [-0.2, 0) is 0 Å². The maximum Gasteiger partial charge on any atom is 0.410 e. The lowest BCUT2D eigenvalue weighted by atomic mass is 10.0. The van der Waals surface area contributed by atoms with Crippen LogP contribution in [0.5, 0.6) is 0 Å². The van der Waals surface area contributed by atoms with Crippen molar-refractivity contribution in [3.8, 4) is 0 Å². The van der Waals surface area contributed by atoms with Gasteiger partial charge in [-0.15, -0.1) is 11.3 Å². The van der Waals surface area contributed by atoms with Crippen molar-refractivity contribution in [3.05, 3.63) is 34.2 Å². The quantitative estimate of drug-likeness (QED) is 0.892. The Bertz CT molecular complexity index is 666. The minimum absolute atomic E-state index is 0.0689. The van der Waals surface area contributed by atoms with E-state index in [1.54, 1.807) is 17.5 Å². The molecule has 2 aromatic heterocycles. The zero-order valence-corrected chi connectivity index (χ0v) is 11.3. The van der Waals surface area contributed by atoms with Gasteiger partial charge >= 0.3 is 12.1 Å². The first-order valence-corrected chi connectivity index (χ1v) is 6.93.